The molecule has 0 aliphatic carbocycles. The lowest BCUT2D eigenvalue weighted by Gasteiger charge is -2.30. The zero-order valence-electron chi connectivity index (χ0n) is 20.5. The summed E-state index contributed by atoms with van der Waals surface area (Å²) >= 11 is 0. The highest BCUT2D eigenvalue weighted by molar-refractivity contribution is 6.15. The zero-order chi connectivity index (χ0) is 24.5. The summed E-state index contributed by atoms with van der Waals surface area (Å²) in [4.78, 5) is 15.4. The predicted octanol–water partition coefficient (Wildman–Crippen LogP) is 5.33. The van der Waals surface area contributed by atoms with Crippen molar-refractivity contribution >= 4 is 11.9 Å². The SMILES string of the molecule is COc1ccc(CCN2COc3c(cc4c(c3C)O/C(=C\c3ccc(C)cc3)C4=O)C2)cc1OC. The average molecular weight is 472 g/mol. The number of allylic oxidation sites excluding steroid dienone is 1. The van der Waals surface area contributed by atoms with E-state index in [1.807, 2.05) is 56.3 Å². The molecule has 0 saturated heterocycles. The van der Waals surface area contributed by atoms with Crippen molar-refractivity contribution in [1.29, 1.82) is 0 Å². The van der Waals surface area contributed by atoms with Crippen molar-refractivity contribution in [2.24, 2.45) is 0 Å². The fourth-order valence-corrected chi connectivity index (χ4v) is 4.58. The summed E-state index contributed by atoms with van der Waals surface area (Å²) in [6.07, 6.45) is 2.64. The summed E-state index contributed by atoms with van der Waals surface area (Å²) < 4.78 is 22.9. The Morgan fingerprint density at radius 1 is 0.971 bits per heavy atom. The fourth-order valence-electron chi connectivity index (χ4n) is 4.58. The highest BCUT2D eigenvalue weighted by Crippen LogP contribution is 2.43. The first-order chi connectivity index (χ1) is 17.0. The number of Topliss-reactive ketones (excluding diaryl/α,β-unsaturated/α-hetero) is 1. The normalized spacial score (nSPS) is 15.9. The van der Waals surface area contributed by atoms with Crippen molar-refractivity contribution in [2.75, 3.05) is 27.5 Å². The van der Waals surface area contributed by atoms with Gasteiger partial charge in [-0.2, -0.15) is 0 Å². The molecule has 2 aliphatic rings. The van der Waals surface area contributed by atoms with Crippen molar-refractivity contribution in [3.05, 3.63) is 87.7 Å². The van der Waals surface area contributed by atoms with E-state index in [1.54, 1.807) is 20.3 Å². The summed E-state index contributed by atoms with van der Waals surface area (Å²) in [7, 11) is 3.28. The van der Waals surface area contributed by atoms with Gasteiger partial charge in [0.25, 0.3) is 0 Å². The molecule has 0 spiro atoms. The number of benzene rings is 3. The van der Waals surface area contributed by atoms with Crippen LogP contribution in [0.25, 0.3) is 6.08 Å². The summed E-state index contributed by atoms with van der Waals surface area (Å²) in [5, 5.41) is 0. The van der Waals surface area contributed by atoms with Gasteiger partial charge in [-0.15, -0.1) is 0 Å². The van der Waals surface area contributed by atoms with Crippen LogP contribution in [0.15, 0.2) is 54.3 Å². The number of fused-ring (bicyclic) bond motifs is 2. The van der Waals surface area contributed by atoms with Gasteiger partial charge >= 0.3 is 0 Å². The van der Waals surface area contributed by atoms with E-state index in [-0.39, 0.29) is 5.78 Å². The lowest BCUT2D eigenvalue weighted by molar-refractivity contribution is 0.0953. The van der Waals surface area contributed by atoms with Crippen LogP contribution in [0.1, 0.15) is 38.2 Å². The van der Waals surface area contributed by atoms with Gasteiger partial charge in [0.15, 0.2) is 17.3 Å². The van der Waals surface area contributed by atoms with E-state index in [0.717, 1.165) is 52.5 Å². The number of nitrogens with zero attached hydrogens (tertiary/aromatic N) is 1. The first kappa shape index (κ1) is 23.0. The maximum Gasteiger partial charge on any atom is 0.231 e. The van der Waals surface area contributed by atoms with Gasteiger partial charge in [-0.25, -0.2) is 0 Å². The number of ether oxygens (including phenoxy) is 4. The molecule has 5 rings (SSSR count). The third-order valence-electron chi connectivity index (χ3n) is 6.54. The van der Waals surface area contributed by atoms with Gasteiger partial charge < -0.3 is 18.9 Å². The standard InChI is InChI=1S/C29H29NO5/c1-18-5-7-20(8-6-18)14-26-27(31)23-15-22-16-30(17-34-28(22)19(2)29(23)35-26)12-11-21-9-10-24(32-3)25(13-21)33-4/h5-10,13-15H,11-12,16-17H2,1-4H3/b26-14-. The lowest BCUT2D eigenvalue weighted by Crippen LogP contribution is -2.34. The average Bonchev–Trinajstić information content (AvgIpc) is 3.19. The number of carbonyl (C=O) groups is 1. The van der Waals surface area contributed by atoms with Gasteiger partial charge in [-0.1, -0.05) is 35.9 Å². The Morgan fingerprint density at radius 2 is 1.74 bits per heavy atom. The second-order valence-electron chi connectivity index (χ2n) is 8.98. The molecule has 6 heteroatoms. The number of rotatable bonds is 6. The highest BCUT2D eigenvalue weighted by Gasteiger charge is 2.33. The zero-order valence-corrected chi connectivity index (χ0v) is 20.5. The molecule has 0 amide bonds. The van der Waals surface area contributed by atoms with E-state index >= 15 is 0 Å². The maximum absolute atomic E-state index is 13.1. The predicted molar refractivity (Wildman–Crippen MR) is 134 cm³/mol. The van der Waals surface area contributed by atoms with Crippen LogP contribution in [-0.2, 0) is 13.0 Å². The fraction of sp³-hybridized carbons (Fsp3) is 0.276. The summed E-state index contributed by atoms with van der Waals surface area (Å²) in [5.74, 6) is 3.12. The lowest BCUT2D eigenvalue weighted by atomic mass is 9.99. The van der Waals surface area contributed by atoms with E-state index in [2.05, 4.69) is 11.0 Å². The van der Waals surface area contributed by atoms with Crippen molar-refractivity contribution < 1.29 is 23.7 Å². The van der Waals surface area contributed by atoms with Crippen LogP contribution in [0, 0.1) is 13.8 Å². The number of carbonyl (C=O) groups excluding carboxylic acids is 1. The number of aryl methyl sites for hydroxylation is 1. The van der Waals surface area contributed by atoms with Gasteiger partial charge in [0, 0.05) is 24.2 Å². The minimum Gasteiger partial charge on any atom is -0.493 e. The number of hydrogen-bond donors (Lipinski definition) is 0. The number of hydrogen-bond acceptors (Lipinski definition) is 6. The van der Waals surface area contributed by atoms with E-state index in [9.17, 15) is 4.79 Å². The molecular formula is C29H29NO5. The minimum absolute atomic E-state index is 0.0890. The Morgan fingerprint density at radius 3 is 2.49 bits per heavy atom. The minimum atomic E-state index is -0.0890. The quantitative estimate of drug-likeness (QED) is 0.453. The van der Waals surface area contributed by atoms with Crippen LogP contribution in [0.5, 0.6) is 23.0 Å². The van der Waals surface area contributed by atoms with Gasteiger partial charge in [-0.3, -0.25) is 9.69 Å². The van der Waals surface area contributed by atoms with Crippen molar-refractivity contribution in [1.82, 2.24) is 4.90 Å². The van der Waals surface area contributed by atoms with E-state index < -0.39 is 0 Å². The Kier molecular flexibility index (Phi) is 6.22. The first-order valence-corrected chi connectivity index (χ1v) is 11.7. The molecular weight excluding hydrogens is 442 g/mol. The first-order valence-electron chi connectivity index (χ1n) is 11.7. The van der Waals surface area contributed by atoms with Crippen LogP contribution in [0.2, 0.25) is 0 Å². The van der Waals surface area contributed by atoms with Crippen molar-refractivity contribution in [3.8, 4) is 23.0 Å². The third kappa shape index (κ3) is 4.49. The summed E-state index contributed by atoms with van der Waals surface area (Å²) in [6.45, 7) is 6.00. The molecule has 0 aromatic heterocycles. The van der Waals surface area contributed by atoms with E-state index in [0.29, 0.717) is 30.3 Å². The topological polar surface area (TPSA) is 57.2 Å². The Balaban J connectivity index is 1.32. The van der Waals surface area contributed by atoms with E-state index in [4.69, 9.17) is 18.9 Å². The maximum atomic E-state index is 13.1. The molecule has 2 aliphatic heterocycles. The molecule has 0 radical (unpaired) electrons. The number of methoxy groups -OCH3 is 2. The second kappa shape index (κ2) is 9.47. The molecule has 0 N–H and O–H groups in total. The largest absolute Gasteiger partial charge is 0.493 e. The van der Waals surface area contributed by atoms with Crippen LogP contribution >= 0.6 is 0 Å². The Hall–Kier alpha value is -3.77. The third-order valence-corrected chi connectivity index (χ3v) is 6.54. The van der Waals surface area contributed by atoms with Crippen molar-refractivity contribution in [2.45, 2.75) is 26.8 Å². The number of ketones is 1. The van der Waals surface area contributed by atoms with E-state index in [1.165, 1.54) is 5.56 Å². The monoisotopic (exact) mass is 471 g/mol. The van der Waals surface area contributed by atoms with Crippen LogP contribution < -0.4 is 18.9 Å². The molecule has 0 fully saturated rings. The molecule has 0 bridgehead atoms. The smallest absolute Gasteiger partial charge is 0.231 e. The van der Waals surface area contributed by atoms with Gasteiger partial charge in [0.2, 0.25) is 5.78 Å². The van der Waals surface area contributed by atoms with Crippen molar-refractivity contribution in [3.63, 3.8) is 0 Å². The Bertz CT molecular complexity index is 1310. The second-order valence-corrected chi connectivity index (χ2v) is 8.98. The van der Waals surface area contributed by atoms with Gasteiger partial charge in [0.1, 0.15) is 18.2 Å². The molecule has 3 aromatic rings. The van der Waals surface area contributed by atoms with Crippen LogP contribution in [0.3, 0.4) is 0 Å². The summed E-state index contributed by atoms with van der Waals surface area (Å²) in [6, 6.07) is 15.9. The molecule has 0 atom stereocenters. The van der Waals surface area contributed by atoms with Gasteiger partial charge in [0.05, 0.1) is 19.8 Å². The highest BCUT2D eigenvalue weighted by atomic mass is 16.5. The molecule has 6 nitrogen and oxygen atoms in total. The molecule has 0 unspecified atom stereocenters. The Labute approximate surface area is 205 Å². The molecule has 180 valence electrons. The molecule has 0 saturated carbocycles. The molecule has 35 heavy (non-hydrogen) atoms. The van der Waals surface area contributed by atoms with Gasteiger partial charge in [-0.05, 0) is 55.7 Å². The molecule has 2 heterocycles. The summed E-state index contributed by atoms with van der Waals surface area (Å²) in [5.41, 5.74) is 5.75. The van der Waals surface area contributed by atoms with Crippen LogP contribution in [0.4, 0.5) is 0 Å². The molecule has 3 aromatic carbocycles. The van der Waals surface area contributed by atoms with Crippen LogP contribution in [-0.4, -0.2) is 38.2 Å².